The highest BCUT2D eigenvalue weighted by atomic mass is 35.5. The first kappa shape index (κ1) is 62.3. The van der Waals surface area contributed by atoms with Crippen LogP contribution >= 0.6 is 11.6 Å². The number of piperazine rings is 2. The molecule has 6 aliphatic rings. The van der Waals surface area contributed by atoms with E-state index >= 15 is 0 Å². The topological polar surface area (TPSA) is 245 Å². The molecule has 1 saturated carbocycles. The third-order valence-electron chi connectivity index (χ3n) is 19.0. The molecule has 4 fully saturated rings. The molecule has 4 aromatic carbocycles. The fourth-order valence-electron chi connectivity index (χ4n) is 13.8. The standard InChI is InChI=1S/C67H78ClN11O10S/c1-67(2)24-22-47(55(39-67)45-10-12-48(68)13-11-45)42-75-29-33-77(34-30-75)50-16-18-54(61(37-50)89-51-36-46-23-25-69-63(46)71-41-51)64(81)73-90(86,87)52-17-19-57(59(38-52)79(84)85)70-40-44-8-14-49(15-9-44)76-31-27-74(28-32-76)26-3-4-35-88-60-7-5-6-53-56(60)43-78(66(53)83)58-20-21-62(80)72-65(58)82/h5-7,10-13,16-19,23,25,36-38,41,44,49,58,70H,3-4,8-9,14-15,20-22,24,26-35,39-40,42-43H2,1-2H3,(H,69,71)(H,73,81)(H,72,80,82)/t44-,49+,58?. The number of nitro benzene ring substituents is 1. The maximum atomic E-state index is 14.2. The number of benzene rings is 4. The summed E-state index contributed by atoms with van der Waals surface area (Å²) in [6.07, 6.45) is 12.7. The first-order valence-electron chi connectivity index (χ1n) is 31.5. The molecule has 6 aromatic rings. The van der Waals surface area contributed by atoms with E-state index in [0.29, 0.717) is 61.4 Å². The lowest BCUT2D eigenvalue weighted by Crippen LogP contribution is -2.52. The lowest BCUT2D eigenvalue weighted by atomic mass is 9.72. The summed E-state index contributed by atoms with van der Waals surface area (Å²) in [5.41, 5.74) is 6.80. The van der Waals surface area contributed by atoms with Crippen molar-refractivity contribution in [1.29, 1.82) is 0 Å². The number of sulfonamides is 1. The normalized spacial score (nSPS) is 21.1. The van der Waals surface area contributed by atoms with Gasteiger partial charge < -0.3 is 34.5 Å². The number of carbonyl (C=O) groups excluding carboxylic acids is 4. The van der Waals surface area contributed by atoms with E-state index < -0.39 is 43.4 Å². The van der Waals surface area contributed by atoms with E-state index in [1.54, 1.807) is 47.5 Å². The number of fused-ring (bicyclic) bond motifs is 2. The number of H-pyrrole nitrogens is 1. The number of nitrogens with one attached hydrogen (secondary N) is 4. The summed E-state index contributed by atoms with van der Waals surface area (Å²) >= 11 is 6.28. The zero-order chi connectivity index (χ0) is 62.7. The number of aromatic amines is 1. The SMILES string of the molecule is CC1(C)CCC(CN2CCN(c3ccc(C(=O)NS(=O)(=O)c4ccc(NC[C@H]5CC[C@@H](N6CCN(CCCCOc7cccc8c7CN(C7CCC(=O)NC7=O)C8=O)CC6)CC5)c([N+](=O)[O-])c4)c(Oc4cnc5[nH]ccc5c4)c3)CC2)=C(c2ccc(Cl)cc2)C1. The van der Waals surface area contributed by atoms with Gasteiger partial charge in [-0.1, -0.05) is 49.2 Å². The number of pyridine rings is 1. The van der Waals surface area contributed by atoms with Crippen LogP contribution in [0.3, 0.4) is 0 Å². The van der Waals surface area contributed by atoms with Crippen LogP contribution in [0.5, 0.6) is 17.2 Å². The number of hydrogen-bond donors (Lipinski definition) is 4. The Hall–Kier alpha value is -7.89. The number of ether oxygens (including phenoxy) is 2. The number of imide groups is 1. The van der Waals surface area contributed by atoms with Gasteiger partial charge in [0.05, 0.1) is 34.7 Å². The van der Waals surface area contributed by atoms with Crippen LogP contribution in [0.4, 0.5) is 17.1 Å². The summed E-state index contributed by atoms with van der Waals surface area (Å²) in [4.78, 5) is 82.0. The van der Waals surface area contributed by atoms with Crippen molar-refractivity contribution in [2.45, 2.75) is 108 Å². The number of nitro groups is 1. The minimum Gasteiger partial charge on any atom is -0.493 e. The van der Waals surface area contributed by atoms with Gasteiger partial charge in [0.25, 0.3) is 27.5 Å². The second-order valence-corrected chi connectivity index (χ2v) is 27.7. The van der Waals surface area contributed by atoms with Crippen LogP contribution in [-0.2, 0) is 26.2 Å². The third kappa shape index (κ3) is 14.3. The summed E-state index contributed by atoms with van der Waals surface area (Å²) in [5, 5.41) is 19.7. The fraction of sp³-hybridized carbons (Fsp3) is 0.448. The van der Waals surface area contributed by atoms with Crippen molar-refractivity contribution in [2.24, 2.45) is 11.3 Å². The molecule has 4 N–H and O–H groups in total. The van der Waals surface area contributed by atoms with Crippen molar-refractivity contribution in [3.8, 4) is 17.2 Å². The maximum Gasteiger partial charge on any atom is 0.293 e. The molecule has 4 amide bonds. The number of anilines is 2. The molecule has 23 heteroatoms. The van der Waals surface area contributed by atoms with Gasteiger partial charge in [0.15, 0.2) is 0 Å². The summed E-state index contributed by atoms with van der Waals surface area (Å²) < 4.78 is 42.8. The lowest BCUT2D eigenvalue weighted by Gasteiger charge is -2.42. The van der Waals surface area contributed by atoms with Gasteiger partial charge in [-0.15, -0.1) is 0 Å². The van der Waals surface area contributed by atoms with E-state index in [9.17, 15) is 37.7 Å². The van der Waals surface area contributed by atoms with Crippen LogP contribution in [0.1, 0.15) is 116 Å². The fourth-order valence-corrected chi connectivity index (χ4v) is 14.9. The monoisotopic (exact) mass is 1260 g/mol. The molecule has 6 heterocycles. The molecule has 2 aliphatic carbocycles. The Morgan fingerprint density at radius 1 is 0.856 bits per heavy atom. The smallest absolute Gasteiger partial charge is 0.293 e. The second-order valence-electron chi connectivity index (χ2n) is 25.6. The van der Waals surface area contributed by atoms with Crippen molar-refractivity contribution in [3.63, 3.8) is 0 Å². The van der Waals surface area contributed by atoms with Crippen LogP contribution in [0.2, 0.25) is 5.02 Å². The molecule has 0 radical (unpaired) electrons. The number of unbranched alkanes of at least 4 members (excludes halogenated alkanes) is 1. The number of aromatic nitrogens is 2. The summed E-state index contributed by atoms with van der Waals surface area (Å²) in [6, 6.07) is 25.8. The number of hydrogen-bond acceptors (Lipinski definition) is 16. The molecule has 2 aromatic heterocycles. The van der Waals surface area contributed by atoms with E-state index in [4.69, 9.17) is 21.1 Å². The number of rotatable bonds is 21. The molecule has 21 nitrogen and oxygen atoms in total. The molecule has 12 rings (SSSR count). The number of carbonyl (C=O) groups is 4. The van der Waals surface area contributed by atoms with Crippen molar-refractivity contribution in [3.05, 3.63) is 146 Å². The number of halogens is 1. The van der Waals surface area contributed by atoms with E-state index in [1.807, 2.05) is 24.3 Å². The number of amides is 4. The molecule has 3 saturated heterocycles. The minimum absolute atomic E-state index is 0.0465. The highest BCUT2D eigenvalue weighted by Gasteiger charge is 2.41. The molecular formula is C67H78ClN11O10S. The summed E-state index contributed by atoms with van der Waals surface area (Å²) in [5.74, 6) is -0.540. The van der Waals surface area contributed by atoms with Gasteiger partial charge >= 0.3 is 0 Å². The zero-order valence-corrected chi connectivity index (χ0v) is 52.6. The third-order valence-corrected chi connectivity index (χ3v) is 20.6. The van der Waals surface area contributed by atoms with Gasteiger partial charge in [0.2, 0.25) is 11.8 Å². The van der Waals surface area contributed by atoms with Gasteiger partial charge in [-0.3, -0.25) is 44.4 Å². The summed E-state index contributed by atoms with van der Waals surface area (Å²) in [7, 11) is -4.62. The number of allylic oxidation sites excluding steroid dienone is 1. The van der Waals surface area contributed by atoms with Gasteiger partial charge in [-0.25, -0.2) is 18.1 Å². The Morgan fingerprint density at radius 2 is 1.63 bits per heavy atom. The van der Waals surface area contributed by atoms with E-state index in [1.165, 1.54) is 35.0 Å². The second kappa shape index (κ2) is 26.9. The van der Waals surface area contributed by atoms with Gasteiger partial charge in [0, 0.05) is 123 Å². The molecule has 0 spiro atoms. The molecular weight excluding hydrogens is 1190 g/mol. The first-order valence-corrected chi connectivity index (χ1v) is 33.4. The molecule has 1 unspecified atom stereocenters. The van der Waals surface area contributed by atoms with Crippen LogP contribution < -0.4 is 29.7 Å². The van der Waals surface area contributed by atoms with Gasteiger partial charge in [-0.05, 0) is 154 Å². The molecule has 4 aliphatic heterocycles. The largest absolute Gasteiger partial charge is 0.493 e. The van der Waals surface area contributed by atoms with E-state index in [0.717, 1.165) is 138 Å². The van der Waals surface area contributed by atoms with Gasteiger partial charge in [0.1, 0.15) is 34.6 Å². The van der Waals surface area contributed by atoms with E-state index in [-0.39, 0.29) is 53.1 Å². The van der Waals surface area contributed by atoms with Crippen LogP contribution in [0.15, 0.2) is 114 Å². The quantitative estimate of drug-likeness (QED) is 0.0227. The predicted molar refractivity (Wildman–Crippen MR) is 344 cm³/mol. The highest BCUT2D eigenvalue weighted by Crippen LogP contribution is 2.44. The van der Waals surface area contributed by atoms with Crippen LogP contribution in [0, 0.1) is 21.4 Å². The van der Waals surface area contributed by atoms with Crippen molar-refractivity contribution >= 4 is 78.9 Å². The Kier molecular flexibility index (Phi) is 18.6. The first-order chi connectivity index (χ1) is 43.4. The zero-order valence-electron chi connectivity index (χ0n) is 51.0. The molecule has 474 valence electrons. The Bertz CT molecular complexity index is 3830. The van der Waals surface area contributed by atoms with Crippen LogP contribution in [-0.4, -0.2) is 157 Å². The average molecular weight is 1260 g/mol. The van der Waals surface area contributed by atoms with Crippen molar-refractivity contribution in [2.75, 3.05) is 88.8 Å². The summed E-state index contributed by atoms with van der Waals surface area (Å²) in [6.45, 7) is 14.7. The molecule has 1 atom stereocenters. The molecule has 0 bridgehead atoms. The highest BCUT2D eigenvalue weighted by molar-refractivity contribution is 7.90. The van der Waals surface area contributed by atoms with Crippen molar-refractivity contribution < 1.29 is 42.0 Å². The van der Waals surface area contributed by atoms with Gasteiger partial charge in [-0.2, -0.15) is 0 Å². The Labute approximate surface area is 529 Å². The molecule has 90 heavy (non-hydrogen) atoms. The number of piperidine rings is 1. The Morgan fingerprint density at radius 3 is 2.40 bits per heavy atom. The lowest BCUT2D eigenvalue weighted by molar-refractivity contribution is -0.384. The number of nitrogens with zero attached hydrogens (tertiary/aromatic N) is 7. The van der Waals surface area contributed by atoms with Crippen LogP contribution in [0.25, 0.3) is 16.6 Å². The Balaban J connectivity index is 0.612. The maximum absolute atomic E-state index is 14.2. The van der Waals surface area contributed by atoms with E-state index in [2.05, 4.69) is 70.9 Å². The average Bonchev–Trinajstić information content (AvgIpc) is 1.60. The van der Waals surface area contributed by atoms with Crippen molar-refractivity contribution in [1.82, 2.24) is 39.6 Å². The predicted octanol–water partition coefficient (Wildman–Crippen LogP) is 10.0. The minimum atomic E-state index is -4.62.